The zero-order chi connectivity index (χ0) is 16.9. The molecule has 0 spiro atoms. The normalized spacial score (nSPS) is 11.2. The zero-order valence-corrected chi connectivity index (χ0v) is 16.2. The van der Waals surface area contributed by atoms with Crippen LogP contribution in [0.2, 0.25) is 0 Å². The van der Waals surface area contributed by atoms with Crippen LogP contribution in [0.3, 0.4) is 0 Å². The Labute approximate surface area is 178 Å². The fourth-order valence-electron chi connectivity index (χ4n) is 2.36. The summed E-state index contributed by atoms with van der Waals surface area (Å²) in [5, 5.41) is 0. The second-order valence-corrected chi connectivity index (χ2v) is 9.78. The van der Waals surface area contributed by atoms with Crippen LogP contribution in [0.15, 0.2) is 29.2 Å². The van der Waals surface area contributed by atoms with E-state index in [2.05, 4.69) is 6.92 Å². The number of aryl methyl sites for hydroxylation is 1. The quantitative estimate of drug-likeness (QED) is 0.221. The van der Waals surface area contributed by atoms with Gasteiger partial charge in [0.25, 0.3) is 10.1 Å². The van der Waals surface area contributed by atoms with E-state index in [4.69, 9.17) is 16.8 Å². The summed E-state index contributed by atoms with van der Waals surface area (Å²) in [5.41, 5.74) is 2.20. The van der Waals surface area contributed by atoms with E-state index in [9.17, 15) is 8.42 Å². The van der Waals surface area contributed by atoms with Gasteiger partial charge in [0.1, 0.15) is 3.82 Å². The molecule has 128 valence electrons. The first-order chi connectivity index (χ1) is 10.9. The van der Waals surface area contributed by atoms with Gasteiger partial charge in [-0.3, -0.25) is 4.55 Å². The predicted octanol–water partition coefficient (Wildman–Crippen LogP) is 4.85. The molecule has 0 bridgehead atoms. The Morgan fingerprint density at radius 3 is 2.33 bits per heavy atom. The number of hydrogen-bond acceptors (Lipinski definition) is 5. The van der Waals surface area contributed by atoms with Gasteiger partial charge in [-0.25, -0.2) is 0 Å². The summed E-state index contributed by atoms with van der Waals surface area (Å²) in [6.07, 6.45) is 6.71. The third-order valence-corrected chi connectivity index (χ3v) is 7.83. The van der Waals surface area contributed by atoms with E-state index in [-0.39, 0.29) is 34.5 Å². The summed E-state index contributed by atoms with van der Waals surface area (Å²) in [5.74, 6) is 0. The van der Waals surface area contributed by atoms with Crippen molar-refractivity contribution >= 4 is 72.6 Å². The molecule has 0 aliphatic heterocycles. The van der Waals surface area contributed by atoms with Crippen LogP contribution in [0.1, 0.15) is 48.6 Å². The van der Waals surface area contributed by atoms with Crippen molar-refractivity contribution in [2.24, 2.45) is 0 Å². The van der Waals surface area contributed by atoms with Gasteiger partial charge in [0.15, 0.2) is 0 Å². The Morgan fingerprint density at radius 2 is 1.75 bits per heavy atom. The van der Waals surface area contributed by atoms with Crippen LogP contribution >= 0.6 is 32.9 Å². The number of benzene rings is 1. The molecule has 8 heteroatoms. The molecule has 0 saturated heterocycles. The molecule has 0 atom stereocenters. The predicted molar refractivity (Wildman–Crippen MR) is 107 cm³/mol. The first kappa shape index (κ1) is 22.4. The van der Waals surface area contributed by atoms with Crippen molar-refractivity contribution in [2.45, 2.75) is 50.3 Å². The Bertz CT molecular complexity index is 791. The van der Waals surface area contributed by atoms with Crippen LogP contribution in [0.5, 0.6) is 0 Å². The summed E-state index contributed by atoms with van der Waals surface area (Å²) in [7, 11) is -0.727. The molecule has 0 radical (unpaired) electrons. The maximum absolute atomic E-state index is 11.1. The van der Waals surface area contributed by atoms with Gasteiger partial charge in [0, 0.05) is 11.3 Å². The molecule has 1 N–H and O–H groups in total. The molecule has 0 aliphatic carbocycles. The summed E-state index contributed by atoms with van der Waals surface area (Å²) >= 11 is 5.45. The number of unbranched alkanes of at least 4 members (excludes halogenated alkanes) is 3. The second-order valence-electron chi connectivity index (χ2n) is 5.46. The van der Waals surface area contributed by atoms with Gasteiger partial charge in [-0.2, -0.15) is 8.42 Å². The number of rotatable bonds is 8. The van der Waals surface area contributed by atoms with Crippen molar-refractivity contribution in [1.82, 2.24) is 0 Å². The van der Waals surface area contributed by atoms with Crippen LogP contribution in [-0.4, -0.2) is 42.5 Å². The van der Waals surface area contributed by atoms with Gasteiger partial charge < -0.3 is 0 Å². The summed E-state index contributed by atoms with van der Waals surface area (Å²) < 4.78 is 32.1. The van der Waals surface area contributed by atoms with Crippen molar-refractivity contribution in [3.05, 3.63) is 44.1 Å². The molecule has 1 aromatic carbocycles. The van der Waals surface area contributed by atoms with Crippen LogP contribution in [0, 0.1) is 3.82 Å². The molecule has 2 aromatic rings. The third kappa shape index (κ3) is 6.61. The minimum absolute atomic E-state index is 0. The van der Waals surface area contributed by atoms with E-state index in [1.165, 1.54) is 48.3 Å². The SMILES string of the molecule is CCCCCCc1ssc(=S)c1Cc1ccc(S(=O)(=O)O)cc1.[NaH]. The average molecular weight is 413 g/mol. The summed E-state index contributed by atoms with van der Waals surface area (Å²) in [6.45, 7) is 2.20. The van der Waals surface area contributed by atoms with Crippen molar-refractivity contribution in [3.63, 3.8) is 0 Å². The molecule has 0 fully saturated rings. The Hall–Kier alpha value is 0.400. The first-order valence-corrected chi connectivity index (χ1v) is 11.6. The van der Waals surface area contributed by atoms with E-state index in [0.717, 1.165) is 15.8 Å². The van der Waals surface area contributed by atoms with Crippen molar-refractivity contribution < 1.29 is 13.0 Å². The topological polar surface area (TPSA) is 54.4 Å². The number of hydrogen-bond donors (Lipinski definition) is 1. The van der Waals surface area contributed by atoms with Crippen LogP contribution < -0.4 is 0 Å². The summed E-state index contributed by atoms with van der Waals surface area (Å²) in [4.78, 5) is 1.28. The molecule has 0 unspecified atom stereocenters. The molecular formula is C16H21NaO3S4. The average Bonchev–Trinajstić information content (AvgIpc) is 2.84. The molecule has 1 heterocycles. The van der Waals surface area contributed by atoms with Gasteiger partial charge >= 0.3 is 29.6 Å². The third-order valence-electron chi connectivity index (χ3n) is 3.66. The Morgan fingerprint density at radius 1 is 1.08 bits per heavy atom. The van der Waals surface area contributed by atoms with E-state index in [1.807, 2.05) is 0 Å². The molecule has 0 saturated carbocycles. The van der Waals surface area contributed by atoms with Gasteiger partial charge in [-0.1, -0.05) is 71.2 Å². The fourth-order valence-corrected chi connectivity index (χ4v) is 5.83. The van der Waals surface area contributed by atoms with Gasteiger partial charge in [0.2, 0.25) is 0 Å². The molecule has 1 aromatic heterocycles. The minimum atomic E-state index is -4.13. The van der Waals surface area contributed by atoms with Crippen LogP contribution in [0.25, 0.3) is 0 Å². The van der Waals surface area contributed by atoms with E-state index in [0.29, 0.717) is 6.42 Å². The maximum atomic E-state index is 11.1. The molecule has 2 rings (SSSR count). The molecule has 24 heavy (non-hydrogen) atoms. The molecule has 0 aliphatic rings. The van der Waals surface area contributed by atoms with Gasteiger partial charge in [-0.05, 0) is 36.1 Å². The Kier molecular flexibility index (Phi) is 9.84. The van der Waals surface area contributed by atoms with E-state index in [1.54, 1.807) is 32.8 Å². The monoisotopic (exact) mass is 412 g/mol. The fraction of sp³-hybridized carbons (Fsp3) is 0.438. The van der Waals surface area contributed by atoms with Crippen LogP contribution in [0.4, 0.5) is 0 Å². The standard InChI is InChI=1S/C16H20O3S4.Na.H/c1-2-3-4-5-6-15-14(16(20)22-21-15)11-12-7-9-13(10-8-12)23(17,18)19;;/h7-10H,2-6,11H2,1H3,(H,17,18,19);;. The molecule has 0 amide bonds. The zero-order valence-electron chi connectivity index (χ0n) is 12.9. The van der Waals surface area contributed by atoms with E-state index >= 15 is 0 Å². The first-order valence-electron chi connectivity index (χ1n) is 7.59. The van der Waals surface area contributed by atoms with Crippen molar-refractivity contribution in [2.75, 3.05) is 0 Å². The molecule has 3 nitrogen and oxygen atoms in total. The summed E-state index contributed by atoms with van der Waals surface area (Å²) in [6, 6.07) is 6.34. The second kappa shape index (κ2) is 10.5. The Balaban J connectivity index is 0.00000288. The van der Waals surface area contributed by atoms with Crippen LogP contribution in [-0.2, 0) is 23.0 Å². The van der Waals surface area contributed by atoms with Gasteiger partial charge in [-0.15, -0.1) is 0 Å². The molecular weight excluding hydrogens is 391 g/mol. The van der Waals surface area contributed by atoms with Crippen molar-refractivity contribution in [3.8, 4) is 0 Å². The van der Waals surface area contributed by atoms with Gasteiger partial charge in [0.05, 0.1) is 4.90 Å². The van der Waals surface area contributed by atoms with Crippen molar-refractivity contribution in [1.29, 1.82) is 0 Å². The van der Waals surface area contributed by atoms with E-state index < -0.39 is 10.1 Å².